The summed E-state index contributed by atoms with van der Waals surface area (Å²) in [6.07, 6.45) is -3.58. The summed E-state index contributed by atoms with van der Waals surface area (Å²) in [6.45, 7) is 0. The molecule has 34 heavy (non-hydrogen) atoms. The molecule has 180 valence electrons. The Balaban J connectivity index is 1.74. The predicted octanol–water partition coefficient (Wildman–Crippen LogP) is 4.58. The van der Waals surface area contributed by atoms with Gasteiger partial charge in [0.15, 0.2) is 5.75 Å². The Labute approximate surface area is 199 Å². The number of alkyl halides is 3. The third-order valence-corrected chi connectivity index (χ3v) is 6.81. The first-order valence-corrected chi connectivity index (χ1v) is 12.8. The SMILES string of the molecule is O=S(=O)(Cc1cccc(Cl)c1)NN=Cc1ccccc1OS(=O)(=O)c1ccc(C(F)(F)F)cc1. The van der Waals surface area contributed by atoms with Crippen molar-refractivity contribution in [1.82, 2.24) is 4.83 Å². The molecule has 0 bridgehead atoms. The monoisotopic (exact) mass is 532 g/mol. The zero-order chi connectivity index (χ0) is 25.0. The second-order valence-electron chi connectivity index (χ2n) is 6.84. The molecule has 0 amide bonds. The van der Waals surface area contributed by atoms with Crippen LogP contribution in [0, 0.1) is 0 Å². The molecule has 13 heteroatoms. The van der Waals surface area contributed by atoms with Crippen LogP contribution in [0.3, 0.4) is 0 Å². The summed E-state index contributed by atoms with van der Waals surface area (Å²) in [5, 5.41) is 4.01. The van der Waals surface area contributed by atoms with E-state index in [1.807, 2.05) is 4.83 Å². The summed E-state index contributed by atoms with van der Waals surface area (Å²) in [5.41, 5.74) is -0.478. The molecule has 1 N–H and O–H groups in total. The highest BCUT2D eigenvalue weighted by Crippen LogP contribution is 2.30. The second-order valence-corrected chi connectivity index (χ2v) is 10.5. The molecule has 3 rings (SSSR count). The molecule has 0 aliphatic carbocycles. The van der Waals surface area contributed by atoms with Gasteiger partial charge in [0.1, 0.15) is 4.90 Å². The van der Waals surface area contributed by atoms with Crippen molar-refractivity contribution in [3.63, 3.8) is 0 Å². The van der Waals surface area contributed by atoms with Crippen LogP contribution >= 0.6 is 11.6 Å². The van der Waals surface area contributed by atoms with Crippen molar-refractivity contribution in [3.05, 3.63) is 94.5 Å². The Bertz CT molecular complexity index is 1410. The van der Waals surface area contributed by atoms with Crippen LogP contribution in [-0.4, -0.2) is 23.1 Å². The van der Waals surface area contributed by atoms with Crippen LogP contribution in [-0.2, 0) is 32.1 Å². The van der Waals surface area contributed by atoms with Crippen molar-refractivity contribution in [2.24, 2.45) is 5.10 Å². The van der Waals surface area contributed by atoms with E-state index < -0.39 is 42.5 Å². The van der Waals surface area contributed by atoms with Gasteiger partial charge >= 0.3 is 16.3 Å². The number of halogens is 4. The van der Waals surface area contributed by atoms with Crippen LogP contribution in [0.15, 0.2) is 82.8 Å². The Hall–Kier alpha value is -3.09. The Morgan fingerprint density at radius 3 is 2.26 bits per heavy atom. The average molecular weight is 533 g/mol. The molecule has 0 unspecified atom stereocenters. The van der Waals surface area contributed by atoms with Crippen molar-refractivity contribution in [3.8, 4) is 5.75 Å². The summed E-state index contributed by atoms with van der Waals surface area (Å²) >= 11 is 5.84. The standard InChI is InChI=1S/C21H16ClF3N2O5S2/c22-18-6-3-4-15(12-18)14-33(28,29)27-26-13-16-5-1-2-7-20(16)32-34(30,31)19-10-8-17(9-11-19)21(23,24)25/h1-13,27H,14H2. The molecule has 0 spiro atoms. The minimum absolute atomic E-state index is 0.100. The van der Waals surface area contributed by atoms with E-state index in [1.54, 1.807) is 18.2 Å². The smallest absolute Gasteiger partial charge is 0.378 e. The number of para-hydroxylation sites is 1. The molecule has 3 aromatic rings. The Kier molecular flexibility index (Phi) is 7.54. The van der Waals surface area contributed by atoms with Crippen molar-refractivity contribution < 1.29 is 34.2 Å². The topological polar surface area (TPSA) is 102 Å². The van der Waals surface area contributed by atoms with E-state index in [-0.39, 0.29) is 11.3 Å². The van der Waals surface area contributed by atoms with Gasteiger partial charge in [-0.2, -0.15) is 26.7 Å². The maximum Gasteiger partial charge on any atom is 0.416 e. The molecule has 0 aromatic heterocycles. The largest absolute Gasteiger partial charge is 0.416 e. The maximum absolute atomic E-state index is 12.7. The van der Waals surface area contributed by atoms with Gasteiger partial charge < -0.3 is 4.18 Å². The van der Waals surface area contributed by atoms with Crippen LogP contribution in [0.1, 0.15) is 16.7 Å². The number of hydrogen-bond donors (Lipinski definition) is 1. The molecular formula is C21H16ClF3N2O5S2. The fourth-order valence-electron chi connectivity index (χ4n) is 2.69. The van der Waals surface area contributed by atoms with Gasteiger partial charge in [-0.1, -0.05) is 35.9 Å². The van der Waals surface area contributed by atoms with Gasteiger partial charge in [0.25, 0.3) is 10.0 Å². The molecule has 0 aliphatic heterocycles. The maximum atomic E-state index is 12.7. The van der Waals surface area contributed by atoms with E-state index in [2.05, 4.69) is 5.10 Å². The van der Waals surface area contributed by atoms with Crippen molar-refractivity contribution >= 4 is 38.0 Å². The highest BCUT2D eigenvalue weighted by molar-refractivity contribution is 7.88. The Morgan fingerprint density at radius 2 is 1.62 bits per heavy atom. The third kappa shape index (κ3) is 6.95. The zero-order valence-corrected chi connectivity index (χ0v) is 19.4. The molecule has 0 saturated heterocycles. The van der Waals surface area contributed by atoms with Crippen molar-refractivity contribution in [2.45, 2.75) is 16.8 Å². The quantitative estimate of drug-likeness (QED) is 0.260. The Morgan fingerprint density at radius 1 is 0.941 bits per heavy atom. The first-order valence-electron chi connectivity index (χ1n) is 9.33. The molecule has 0 aliphatic rings. The van der Waals surface area contributed by atoms with Crippen LogP contribution in [0.2, 0.25) is 5.02 Å². The lowest BCUT2D eigenvalue weighted by Crippen LogP contribution is -2.20. The first-order chi connectivity index (χ1) is 15.9. The van der Waals surface area contributed by atoms with Crippen LogP contribution in [0.5, 0.6) is 5.75 Å². The van der Waals surface area contributed by atoms with E-state index in [0.29, 0.717) is 22.7 Å². The summed E-state index contributed by atoms with van der Waals surface area (Å²) in [4.78, 5) is 1.51. The minimum atomic E-state index is -4.62. The van der Waals surface area contributed by atoms with Gasteiger partial charge in [0.2, 0.25) is 0 Å². The molecule has 0 saturated carbocycles. The fourth-order valence-corrected chi connectivity index (χ4v) is 4.76. The molecule has 3 aromatic carbocycles. The number of rotatable bonds is 8. The van der Waals surface area contributed by atoms with Crippen LogP contribution < -0.4 is 9.01 Å². The number of nitrogens with zero attached hydrogens (tertiary/aromatic N) is 1. The number of benzene rings is 3. The summed E-state index contributed by atoms with van der Waals surface area (Å²) in [6, 6.07) is 14.7. The minimum Gasteiger partial charge on any atom is -0.378 e. The van der Waals surface area contributed by atoms with Gasteiger partial charge in [-0.3, -0.25) is 0 Å². The molecular weight excluding hydrogens is 517 g/mol. The lowest BCUT2D eigenvalue weighted by atomic mass is 10.2. The van der Waals surface area contributed by atoms with Crippen molar-refractivity contribution in [2.75, 3.05) is 0 Å². The normalized spacial score (nSPS) is 12.6. The summed E-state index contributed by atoms with van der Waals surface area (Å²) in [7, 11) is -8.36. The molecule has 0 radical (unpaired) electrons. The predicted molar refractivity (Wildman–Crippen MR) is 121 cm³/mol. The van der Waals surface area contributed by atoms with Crippen LogP contribution in [0.4, 0.5) is 13.2 Å². The number of hydrazone groups is 1. The lowest BCUT2D eigenvalue weighted by molar-refractivity contribution is -0.137. The average Bonchev–Trinajstić information content (AvgIpc) is 2.74. The van der Waals surface area contributed by atoms with Gasteiger partial charge in [0.05, 0.1) is 17.5 Å². The second kappa shape index (κ2) is 10.0. The molecule has 0 atom stereocenters. The molecule has 0 heterocycles. The van der Waals surface area contributed by atoms with Gasteiger partial charge in [-0.15, -0.1) is 0 Å². The molecule has 0 fully saturated rings. The number of hydrogen-bond acceptors (Lipinski definition) is 6. The van der Waals surface area contributed by atoms with E-state index in [0.717, 1.165) is 18.3 Å². The van der Waals surface area contributed by atoms with E-state index in [4.69, 9.17) is 15.8 Å². The fraction of sp³-hybridized carbons (Fsp3) is 0.0952. The summed E-state index contributed by atoms with van der Waals surface area (Å²) < 4.78 is 92.6. The number of nitrogens with one attached hydrogen (secondary N) is 1. The van der Waals surface area contributed by atoms with E-state index in [9.17, 15) is 30.0 Å². The highest BCUT2D eigenvalue weighted by atomic mass is 35.5. The highest BCUT2D eigenvalue weighted by Gasteiger charge is 2.31. The van der Waals surface area contributed by atoms with E-state index >= 15 is 0 Å². The van der Waals surface area contributed by atoms with Gasteiger partial charge in [-0.05, 0) is 54.1 Å². The van der Waals surface area contributed by atoms with Crippen LogP contribution in [0.25, 0.3) is 0 Å². The summed E-state index contributed by atoms with van der Waals surface area (Å²) in [5.74, 6) is -0.606. The van der Waals surface area contributed by atoms with Gasteiger partial charge in [-0.25, -0.2) is 13.2 Å². The van der Waals surface area contributed by atoms with E-state index in [1.165, 1.54) is 30.3 Å². The number of sulfonamides is 1. The molecule has 7 nitrogen and oxygen atoms in total. The van der Waals surface area contributed by atoms with Gasteiger partial charge in [0, 0.05) is 10.6 Å². The first kappa shape index (κ1) is 25.5. The van der Waals surface area contributed by atoms with Crippen molar-refractivity contribution in [1.29, 1.82) is 0 Å². The zero-order valence-electron chi connectivity index (χ0n) is 17.0. The lowest BCUT2D eigenvalue weighted by Gasteiger charge is -2.11. The third-order valence-electron chi connectivity index (χ3n) is 4.23.